The zero-order chi connectivity index (χ0) is 35.5. The summed E-state index contributed by atoms with van der Waals surface area (Å²) in [6.45, 7) is 4.01. The van der Waals surface area contributed by atoms with E-state index in [2.05, 4.69) is 23.7 Å². The summed E-state index contributed by atoms with van der Waals surface area (Å²) in [4.78, 5) is 0. The molecular weight excluding hydrogens is 640 g/mol. The standard InChI is InChI=1S/C32H48O16/c1-4-5-6-7-9-12-18(34)19(13-10-8-11-14-33)46-31-28(42)25(39)23(37)20(47-31)15-43-32-29(26(40)22(36)17(3)45-32)48-30-27(41)24(38)21(35)16(2)44-30/h4-5,10,13,16-42H,8,11,14-15H2,1-3H3/b5-4+,13-10+/t16-,17-,18+,19+,20+,21-,22-,23+,24+,25-,26+,27+,28+,29+,30-,31+,32+/m0/s1. The summed E-state index contributed by atoms with van der Waals surface area (Å²) >= 11 is 0. The van der Waals surface area contributed by atoms with Gasteiger partial charge < -0.3 is 79.5 Å². The third kappa shape index (κ3) is 10.5. The van der Waals surface area contributed by atoms with Crippen molar-refractivity contribution in [1.82, 2.24) is 0 Å². The van der Waals surface area contributed by atoms with Crippen LogP contribution in [-0.4, -0.2) is 169 Å². The van der Waals surface area contributed by atoms with Gasteiger partial charge in [0.1, 0.15) is 73.2 Å². The summed E-state index contributed by atoms with van der Waals surface area (Å²) in [5, 5.41) is 104. The fourth-order valence-corrected chi connectivity index (χ4v) is 5.09. The summed E-state index contributed by atoms with van der Waals surface area (Å²) < 4.78 is 34.1. The highest BCUT2D eigenvalue weighted by molar-refractivity contribution is 5.32. The van der Waals surface area contributed by atoms with Crippen LogP contribution in [0.1, 0.15) is 33.6 Å². The Bertz CT molecular complexity index is 1160. The minimum atomic E-state index is -1.81. The van der Waals surface area contributed by atoms with Crippen molar-refractivity contribution in [2.75, 3.05) is 13.2 Å². The molecule has 3 saturated heterocycles. The van der Waals surface area contributed by atoms with Crippen molar-refractivity contribution in [2.45, 2.75) is 138 Å². The number of aliphatic hydroxyl groups excluding tert-OH is 10. The molecule has 0 aromatic carbocycles. The van der Waals surface area contributed by atoms with Gasteiger partial charge in [-0.1, -0.05) is 30.1 Å². The van der Waals surface area contributed by atoms with Crippen LogP contribution < -0.4 is 0 Å². The van der Waals surface area contributed by atoms with Crippen molar-refractivity contribution in [3.63, 3.8) is 0 Å². The molecule has 0 radical (unpaired) electrons. The Morgan fingerprint density at radius 2 is 1.38 bits per heavy atom. The summed E-state index contributed by atoms with van der Waals surface area (Å²) in [6.07, 6.45) is -18.3. The molecule has 3 rings (SSSR count). The second kappa shape index (κ2) is 19.4. The van der Waals surface area contributed by atoms with E-state index in [1.54, 1.807) is 25.2 Å². The molecule has 16 heteroatoms. The van der Waals surface area contributed by atoms with Crippen LogP contribution in [0, 0.1) is 23.7 Å². The molecule has 48 heavy (non-hydrogen) atoms. The summed E-state index contributed by atoms with van der Waals surface area (Å²) in [5.41, 5.74) is 0. The first kappa shape index (κ1) is 40.4. The maximum atomic E-state index is 10.8. The minimum Gasteiger partial charge on any atom is -0.396 e. The van der Waals surface area contributed by atoms with Crippen molar-refractivity contribution in [3.05, 3.63) is 24.3 Å². The van der Waals surface area contributed by atoms with Crippen LogP contribution in [-0.2, 0) is 28.4 Å². The molecule has 272 valence electrons. The zero-order valence-corrected chi connectivity index (χ0v) is 26.9. The van der Waals surface area contributed by atoms with Crippen molar-refractivity contribution >= 4 is 0 Å². The van der Waals surface area contributed by atoms with Gasteiger partial charge in [0.15, 0.2) is 18.9 Å². The number of unbranched alkanes of at least 4 members (excludes halogenated alkanes) is 1. The van der Waals surface area contributed by atoms with Crippen molar-refractivity contribution < 1.29 is 79.5 Å². The van der Waals surface area contributed by atoms with E-state index < -0.39 is 111 Å². The van der Waals surface area contributed by atoms with Crippen molar-refractivity contribution in [3.8, 4) is 23.7 Å². The van der Waals surface area contributed by atoms with Gasteiger partial charge in [0, 0.05) is 6.61 Å². The number of ether oxygens (including phenoxy) is 6. The van der Waals surface area contributed by atoms with Crippen LogP contribution in [0.5, 0.6) is 0 Å². The molecule has 3 aliphatic rings. The highest BCUT2D eigenvalue weighted by Gasteiger charge is 2.51. The van der Waals surface area contributed by atoms with Crippen LogP contribution in [0.4, 0.5) is 0 Å². The number of rotatable bonds is 12. The molecule has 0 amide bonds. The molecular formula is C32H48O16. The largest absolute Gasteiger partial charge is 0.396 e. The van der Waals surface area contributed by atoms with E-state index in [-0.39, 0.29) is 6.61 Å². The van der Waals surface area contributed by atoms with Gasteiger partial charge >= 0.3 is 0 Å². The van der Waals surface area contributed by atoms with Gasteiger partial charge in [0.25, 0.3) is 0 Å². The van der Waals surface area contributed by atoms with Crippen LogP contribution in [0.2, 0.25) is 0 Å². The molecule has 16 nitrogen and oxygen atoms in total. The third-order valence-electron chi connectivity index (χ3n) is 8.04. The highest BCUT2D eigenvalue weighted by Crippen LogP contribution is 2.31. The predicted octanol–water partition coefficient (Wildman–Crippen LogP) is -3.85. The van der Waals surface area contributed by atoms with Crippen molar-refractivity contribution in [1.29, 1.82) is 0 Å². The number of allylic oxidation sites excluding steroid dienone is 3. The monoisotopic (exact) mass is 688 g/mol. The zero-order valence-electron chi connectivity index (χ0n) is 26.9. The van der Waals surface area contributed by atoms with Gasteiger partial charge in [-0.25, -0.2) is 0 Å². The molecule has 0 saturated carbocycles. The first-order valence-corrected chi connectivity index (χ1v) is 15.7. The van der Waals surface area contributed by atoms with Crippen LogP contribution >= 0.6 is 0 Å². The molecule has 17 atom stereocenters. The molecule has 3 aliphatic heterocycles. The number of aliphatic hydroxyl groups is 10. The van der Waals surface area contributed by atoms with Gasteiger partial charge in [-0.05, 0) is 51.5 Å². The molecule has 0 spiro atoms. The normalized spacial score (nSPS) is 41.7. The van der Waals surface area contributed by atoms with Gasteiger partial charge in [-0.2, -0.15) is 0 Å². The summed E-state index contributed by atoms with van der Waals surface area (Å²) in [7, 11) is 0. The van der Waals surface area contributed by atoms with E-state index in [9.17, 15) is 46.0 Å². The first-order valence-electron chi connectivity index (χ1n) is 15.7. The van der Waals surface area contributed by atoms with E-state index in [1.807, 2.05) is 0 Å². The summed E-state index contributed by atoms with van der Waals surface area (Å²) in [6, 6.07) is 0. The fraction of sp³-hybridized carbons (Fsp3) is 0.750. The second-order valence-electron chi connectivity index (χ2n) is 11.7. The lowest BCUT2D eigenvalue weighted by molar-refractivity contribution is -0.369. The van der Waals surface area contributed by atoms with E-state index in [0.717, 1.165) is 0 Å². The van der Waals surface area contributed by atoms with Gasteiger partial charge in [-0.15, -0.1) is 0 Å². The molecule has 10 N–H and O–H groups in total. The van der Waals surface area contributed by atoms with E-state index >= 15 is 0 Å². The van der Waals surface area contributed by atoms with Crippen LogP contribution in [0.3, 0.4) is 0 Å². The molecule has 0 aliphatic carbocycles. The van der Waals surface area contributed by atoms with E-state index in [4.69, 9.17) is 33.5 Å². The Morgan fingerprint density at radius 3 is 2.04 bits per heavy atom. The summed E-state index contributed by atoms with van der Waals surface area (Å²) in [5.74, 6) is 10.2. The third-order valence-corrected chi connectivity index (χ3v) is 8.04. The second-order valence-corrected chi connectivity index (χ2v) is 11.7. The number of hydrogen-bond donors (Lipinski definition) is 10. The molecule has 3 fully saturated rings. The average molecular weight is 689 g/mol. The van der Waals surface area contributed by atoms with Gasteiger partial charge in [0.05, 0.1) is 18.8 Å². The van der Waals surface area contributed by atoms with Crippen LogP contribution in [0.25, 0.3) is 0 Å². The topological polar surface area (TPSA) is 258 Å². The molecule has 0 aromatic heterocycles. The van der Waals surface area contributed by atoms with Gasteiger partial charge in [-0.3, -0.25) is 0 Å². The minimum absolute atomic E-state index is 0.0706. The molecule has 0 bridgehead atoms. The quantitative estimate of drug-likeness (QED) is 0.0535. The Labute approximate surface area is 278 Å². The molecule has 0 unspecified atom stereocenters. The first-order chi connectivity index (χ1) is 22.8. The lowest BCUT2D eigenvalue weighted by Gasteiger charge is -2.46. The average Bonchev–Trinajstić information content (AvgIpc) is 3.07. The SMILES string of the molecule is C/C=C/C#CC#C[C@@H](O)[C@@H](/C=C/CCCO)O[C@@H]1O[C@H](CO[C@@H]2O[C@@H](C)[C@H](O)[C@@H](O)[C@H]2O[C@@H]2O[C@@H](C)[C@H](O)[C@@H](O)[C@H]2O)[C@@H](O)[C@H](O)[C@H]1O. The lowest BCUT2D eigenvalue weighted by Crippen LogP contribution is -2.64. The lowest BCUT2D eigenvalue weighted by atomic mass is 9.97. The Kier molecular flexibility index (Phi) is 16.3. The molecule has 3 heterocycles. The Hall–Kier alpha value is -2.04. The van der Waals surface area contributed by atoms with E-state index in [1.165, 1.54) is 19.9 Å². The van der Waals surface area contributed by atoms with Gasteiger partial charge in [0.2, 0.25) is 0 Å². The Morgan fingerprint density at radius 1 is 0.750 bits per heavy atom. The van der Waals surface area contributed by atoms with E-state index in [0.29, 0.717) is 12.8 Å². The smallest absolute Gasteiger partial charge is 0.187 e. The fourth-order valence-electron chi connectivity index (χ4n) is 5.09. The van der Waals surface area contributed by atoms with Crippen LogP contribution in [0.15, 0.2) is 24.3 Å². The molecule has 0 aromatic rings. The predicted molar refractivity (Wildman–Crippen MR) is 163 cm³/mol. The van der Waals surface area contributed by atoms with Crippen molar-refractivity contribution in [2.24, 2.45) is 0 Å². The highest BCUT2D eigenvalue weighted by atomic mass is 16.8. The maximum Gasteiger partial charge on any atom is 0.187 e. The Balaban J connectivity index is 1.75. The maximum absolute atomic E-state index is 10.8. The number of hydrogen-bond acceptors (Lipinski definition) is 16.